The minimum atomic E-state index is -4.34. The van der Waals surface area contributed by atoms with Crippen LogP contribution in [0.25, 0.3) is 0 Å². The summed E-state index contributed by atoms with van der Waals surface area (Å²) in [6, 6.07) is -0.142. The van der Waals surface area contributed by atoms with E-state index in [0.29, 0.717) is 30.5 Å². The Morgan fingerprint density at radius 1 is 1.25 bits per heavy atom. The van der Waals surface area contributed by atoms with Gasteiger partial charge in [0, 0.05) is 37.0 Å². The molecule has 5 nitrogen and oxygen atoms in total. The first-order chi connectivity index (χ1) is 12.9. The van der Waals surface area contributed by atoms with Crippen molar-refractivity contribution in [1.29, 1.82) is 0 Å². The Balaban J connectivity index is 1.55. The van der Waals surface area contributed by atoms with Gasteiger partial charge in [-0.05, 0) is 30.6 Å². The van der Waals surface area contributed by atoms with Gasteiger partial charge in [-0.1, -0.05) is 27.7 Å². The van der Waals surface area contributed by atoms with Crippen LogP contribution in [-0.2, 0) is 4.79 Å². The standard InChI is InChI=1S/C20H29F3N4O/c1-11-7-13(11)18(28)26-6-5-12(10-26)14-8-17-24-15(19(2,3)4)9-16(20(21,22)23)27(17)25-14/h8,11-13,15-16,24H,5-7,9-10H2,1-4H3/t11-,12+,13+,15+,16+/m1/s1. The van der Waals surface area contributed by atoms with Crippen molar-refractivity contribution >= 4 is 11.7 Å². The van der Waals surface area contributed by atoms with Crippen LogP contribution < -0.4 is 5.32 Å². The van der Waals surface area contributed by atoms with Crippen molar-refractivity contribution in [3.63, 3.8) is 0 Å². The molecule has 0 aromatic carbocycles. The van der Waals surface area contributed by atoms with Crippen molar-refractivity contribution in [1.82, 2.24) is 14.7 Å². The van der Waals surface area contributed by atoms with Crippen LogP contribution in [-0.4, -0.2) is 45.9 Å². The maximum Gasteiger partial charge on any atom is 0.410 e. The van der Waals surface area contributed by atoms with E-state index >= 15 is 0 Å². The topological polar surface area (TPSA) is 50.2 Å². The van der Waals surface area contributed by atoms with Crippen molar-refractivity contribution in [2.45, 2.75) is 71.1 Å². The lowest BCUT2D eigenvalue weighted by Gasteiger charge is -2.39. The fourth-order valence-corrected chi connectivity index (χ4v) is 4.46. The summed E-state index contributed by atoms with van der Waals surface area (Å²) < 4.78 is 42.3. The van der Waals surface area contributed by atoms with E-state index in [1.807, 2.05) is 25.7 Å². The van der Waals surface area contributed by atoms with Crippen molar-refractivity contribution in [3.8, 4) is 0 Å². The summed E-state index contributed by atoms with van der Waals surface area (Å²) >= 11 is 0. The monoisotopic (exact) mass is 398 g/mol. The Hall–Kier alpha value is -1.73. The fraction of sp³-hybridized carbons (Fsp3) is 0.800. The van der Waals surface area contributed by atoms with E-state index in [4.69, 9.17) is 0 Å². The van der Waals surface area contributed by atoms with Crippen LogP contribution in [0.15, 0.2) is 6.07 Å². The van der Waals surface area contributed by atoms with Gasteiger partial charge in [-0.25, -0.2) is 4.68 Å². The molecule has 0 bridgehead atoms. The Labute approximate surface area is 163 Å². The number of amides is 1. The molecule has 1 aliphatic carbocycles. The first kappa shape index (κ1) is 19.6. The van der Waals surface area contributed by atoms with Gasteiger partial charge in [-0.2, -0.15) is 18.3 Å². The zero-order valence-corrected chi connectivity index (χ0v) is 16.9. The molecule has 5 atom stereocenters. The second kappa shape index (κ2) is 6.39. The van der Waals surface area contributed by atoms with Crippen molar-refractivity contribution in [2.75, 3.05) is 18.4 Å². The van der Waals surface area contributed by atoms with Gasteiger partial charge in [0.05, 0.1) is 5.69 Å². The predicted molar refractivity (Wildman–Crippen MR) is 100 cm³/mol. The molecule has 0 radical (unpaired) electrons. The Kier molecular flexibility index (Phi) is 4.47. The first-order valence-corrected chi connectivity index (χ1v) is 10.2. The molecule has 3 heterocycles. The number of alkyl halides is 3. The molecule has 4 rings (SSSR count). The lowest BCUT2D eigenvalue weighted by molar-refractivity contribution is -0.175. The van der Waals surface area contributed by atoms with Gasteiger partial charge in [-0.15, -0.1) is 0 Å². The van der Waals surface area contributed by atoms with Gasteiger partial charge in [0.15, 0.2) is 6.04 Å². The number of likely N-dealkylation sites (tertiary alicyclic amines) is 1. The SMILES string of the molecule is C[C@@H]1C[C@@H]1C(=O)N1CC[C@H](c2cc3n(n2)[C@H](C(F)(F)F)C[C@@H](C(C)(C)C)N3)C1. The smallest absolute Gasteiger partial charge is 0.367 e. The van der Waals surface area contributed by atoms with Crippen molar-refractivity contribution in [2.24, 2.45) is 17.3 Å². The molecule has 3 aliphatic rings. The van der Waals surface area contributed by atoms with E-state index in [2.05, 4.69) is 17.3 Å². The highest BCUT2D eigenvalue weighted by Gasteiger charge is 2.49. The molecule has 0 unspecified atom stereocenters. The average Bonchev–Trinajstić information content (AvgIpc) is 3.01. The maximum absolute atomic E-state index is 13.7. The van der Waals surface area contributed by atoms with Crippen LogP contribution in [0, 0.1) is 17.3 Å². The molecule has 1 N–H and O–H groups in total. The molecule has 0 spiro atoms. The number of carbonyl (C=O) groups is 1. The number of halogens is 3. The Morgan fingerprint density at radius 3 is 2.50 bits per heavy atom. The van der Waals surface area contributed by atoms with Crippen molar-refractivity contribution in [3.05, 3.63) is 11.8 Å². The van der Waals surface area contributed by atoms with Crippen LogP contribution in [0.2, 0.25) is 0 Å². The number of carbonyl (C=O) groups excluding carboxylic acids is 1. The van der Waals surface area contributed by atoms with Gasteiger partial charge in [0.1, 0.15) is 5.82 Å². The first-order valence-electron chi connectivity index (χ1n) is 10.2. The van der Waals surface area contributed by atoms with Crippen LogP contribution in [0.1, 0.15) is 64.6 Å². The fourth-order valence-electron chi connectivity index (χ4n) is 4.46. The number of rotatable bonds is 2. The minimum Gasteiger partial charge on any atom is -0.367 e. The summed E-state index contributed by atoms with van der Waals surface area (Å²) in [5.74, 6) is 1.22. The molecular formula is C20H29F3N4O. The predicted octanol–water partition coefficient (Wildman–Crippen LogP) is 4.19. The third-order valence-electron chi connectivity index (χ3n) is 6.60. The van der Waals surface area contributed by atoms with Crippen LogP contribution in [0.5, 0.6) is 0 Å². The molecule has 1 saturated heterocycles. The average molecular weight is 398 g/mol. The zero-order valence-electron chi connectivity index (χ0n) is 16.9. The number of aromatic nitrogens is 2. The largest absolute Gasteiger partial charge is 0.410 e. The zero-order chi connectivity index (χ0) is 20.4. The lowest BCUT2D eigenvalue weighted by atomic mass is 9.82. The highest BCUT2D eigenvalue weighted by atomic mass is 19.4. The molecule has 1 aromatic rings. The number of nitrogens with one attached hydrogen (secondary N) is 1. The molecule has 1 saturated carbocycles. The molecular weight excluding hydrogens is 369 g/mol. The Morgan fingerprint density at radius 2 is 1.93 bits per heavy atom. The third-order valence-corrected chi connectivity index (χ3v) is 6.60. The van der Waals surface area contributed by atoms with Gasteiger partial charge < -0.3 is 10.2 Å². The number of hydrogen-bond acceptors (Lipinski definition) is 3. The second-order valence-corrected chi connectivity index (χ2v) is 9.84. The summed E-state index contributed by atoms with van der Waals surface area (Å²) in [6.45, 7) is 9.14. The summed E-state index contributed by atoms with van der Waals surface area (Å²) in [7, 11) is 0. The summed E-state index contributed by atoms with van der Waals surface area (Å²) in [6.07, 6.45) is -2.67. The molecule has 2 fully saturated rings. The minimum absolute atomic E-state index is 0.000114. The summed E-state index contributed by atoms with van der Waals surface area (Å²) in [5.41, 5.74) is 0.363. The molecule has 28 heavy (non-hydrogen) atoms. The van der Waals surface area contributed by atoms with E-state index in [1.165, 1.54) is 0 Å². The number of anilines is 1. The molecule has 1 aromatic heterocycles. The lowest BCUT2D eigenvalue weighted by Crippen LogP contribution is -2.44. The van der Waals surface area contributed by atoms with Gasteiger partial charge in [0.2, 0.25) is 5.91 Å². The second-order valence-electron chi connectivity index (χ2n) is 9.84. The molecule has 2 aliphatic heterocycles. The molecule has 8 heteroatoms. The van der Waals surface area contributed by atoms with E-state index in [0.717, 1.165) is 17.5 Å². The van der Waals surface area contributed by atoms with Gasteiger partial charge in [0.25, 0.3) is 0 Å². The maximum atomic E-state index is 13.7. The summed E-state index contributed by atoms with van der Waals surface area (Å²) in [4.78, 5) is 14.3. The molecule has 1 amide bonds. The third kappa shape index (κ3) is 3.50. The van der Waals surface area contributed by atoms with E-state index in [9.17, 15) is 18.0 Å². The normalized spacial score (nSPS) is 32.8. The number of hydrogen-bond donors (Lipinski definition) is 1. The van der Waals surface area contributed by atoms with Crippen LogP contribution in [0.4, 0.5) is 19.0 Å². The summed E-state index contributed by atoms with van der Waals surface area (Å²) in [5, 5.41) is 7.63. The van der Waals surface area contributed by atoms with Gasteiger partial charge in [-0.3, -0.25) is 4.79 Å². The van der Waals surface area contributed by atoms with Gasteiger partial charge >= 0.3 is 6.18 Å². The number of nitrogens with zero attached hydrogens (tertiary/aromatic N) is 3. The van der Waals surface area contributed by atoms with Crippen LogP contribution in [0.3, 0.4) is 0 Å². The number of fused-ring (bicyclic) bond motifs is 1. The highest BCUT2D eigenvalue weighted by Crippen LogP contribution is 2.45. The van der Waals surface area contributed by atoms with E-state index in [-0.39, 0.29) is 35.6 Å². The van der Waals surface area contributed by atoms with E-state index < -0.39 is 12.2 Å². The van der Waals surface area contributed by atoms with Crippen LogP contribution >= 0.6 is 0 Å². The van der Waals surface area contributed by atoms with Crippen molar-refractivity contribution < 1.29 is 18.0 Å². The van der Waals surface area contributed by atoms with E-state index in [1.54, 1.807) is 6.07 Å². The Bertz CT molecular complexity index is 766. The quantitative estimate of drug-likeness (QED) is 0.813. The highest BCUT2D eigenvalue weighted by molar-refractivity contribution is 5.82. The molecule has 156 valence electrons.